The Balaban J connectivity index is 1.49. The van der Waals surface area contributed by atoms with E-state index >= 15 is 0 Å². The van der Waals surface area contributed by atoms with E-state index in [-0.39, 0.29) is 17.4 Å². The molecule has 0 fully saturated rings. The third-order valence-electron chi connectivity index (χ3n) is 4.93. The number of carboxylic acid groups (broad SMARTS) is 1. The molecule has 1 heterocycles. The zero-order valence-electron chi connectivity index (χ0n) is 17.8. The minimum Gasteiger partial charge on any atom is -0.497 e. The van der Waals surface area contributed by atoms with Crippen molar-refractivity contribution in [2.45, 2.75) is 6.54 Å². The maximum absolute atomic E-state index is 12.2. The minimum absolute atomic E-state index is 0.0733. The first-order valence-electron chi connectivity index (χ1n) is 10.2. The molecule has 3 aromatic carbocycles. The number of pyridine rings is 1. The van der Waals surface area contributed by atoms with Gasteiger partial charge in [-0.25, -0.2) is 14.6 Å². The van der Waals surface area contributed by atoms with Gasteiger partial charge in [0.25, 0.3) is 0 Å². The van der Waals surface area contributed by atoms with Crippen LogP contribution in [0.3, 0.4) is 0 Å². The van der Waals surface area contributed by atoms with E-state index in [1.165, 1.54) is 0 Å². The van der Waals surface area contributed by atoms with Crippen LogP contribution in [0.1, 0.15) is 15.9 Å². The Morgan fingerprint density at radius 1 is 0.909 bits per heavy atom. The summed E-state index contributed by atoms with van der Waals surface area (Å²) in [6, 6.07) is 22.9. The number of nitrogens with zero attached hydrogens (tertiary/aromatic N) is 1. The van der Waals surface area contributed by atoms with E-state index in [1.54, 1.807) is 49.6 Å². The molecule has 0 saturated carbocycles. The van der Waals surface area contributed by atoms with E-state index < -0.39 is 5.97 Å². The first-order chi connectivity index (χ1) is 16.0. The molecule has 0 aliphatic carbocycles. The molecule has 33 heavy (non-hydrogen) atoms. The quantitative estimate of drug-likeness (QED) is 0.313. The largest absolute Gasteiger partial charge is 0.497 e. The molecular formula is C25H22N4O4. The second kappa shape index (κ2) is 9.69. The van der Waals surface area contributed by atoms with Crippen LogP contribution in [0.15, 0.2) is 78.9 Å². The van der Waals surface area contributed by atoms with Crippen molar-refractivity contribution in [1.29, 1.82) is 0 Å². The summed E-state index contributed by atoms with van der Waals surface area (Å²) in [5.41, 5.74) is 2.83. The zero-order chi connectivity index (χ0) is 23.2. The molecule has 0 atom stereocenters. The van der Waals surface area contributed by atoms with E-state index in [2.05, 4.69) is 20.9 Å². The van der Waals surface area contributed by atoms with Gasteiger partial charge in [0, 0.05) is 29.4 Å². The van der Waals surface area contributed by atoms with Crippen LogP contribution < -0.4 is 20.7 Å². The van der Waals surface area contributed by atoms with Crippen LogP contribution in [-0.4, -0.2) is 29.2 Å². The number of hydrogen-bond acceptors (Lipinski definition) is 5. The predicted molar refractivity (Wildman–Crippen MR) is 128 cm³/mol. The van der Waals surface area contributed by atoms with E-state index in [0.717, 1.165) is 5.56 Å². The molecule has 8 nitrogen and oxygen atoms in total. The fourth-order valence-corrected chi connectivity index (χ4v) is 3.33. The Labute approximate surface area is 190 Å². The van der Waals surface area contributed by atoms with Gasteiger partial charge in [0.1, 0.15) is 17.1 Å². The van der Waals surface area contributed by atoms with Crippen molar-refractivity contribution in [3.8, 4) is 5.75 Å². The summed E-state index contributed by atoms with van der Waals surface area (Å²) in [4.78, 5) is 28.5. The molecule has 1 aromatic heterocycles. The summed E-state index contributed by atoms with van der Waals surface area (Å²) in [6.45, 7) is 0.318. The van der Waals surface area contributed by atoms with E-state index in [1.807, 2.05) is 36.4 Å². The van der Waals surface area contributed by atoms with Crippen molar-refractivity contribution in [3.63, 3.8) is 0 Å². The SMILES string of the molecule is COc1ccc2cc(C(=O)O)c(NCc3cccc(NC(=O)Nc4ccccc4)c3)nc2c1. The maximum atomic E-state index is 12.2. The lowest BCUT2D eigenvalue weighted by atomic mass is 10.1. The van der Waals surface area contributed by atoms with Crippen LogP contribution in [0.4, 0.5) is 22.0 Å². The molecule has 0 spiro atoms. The van der Waals surface area contributed by atoms with Crippen LogP contribution in [0.2, 0.25) is 0 Å². The number of carbonyl (C=O) groups excluding carboxylic acids is 1. The molecule has 0 bridgehead atoms. The second-order valence-corrected chi connectivity index (χ2v) is 7.25. The molecule has 166 valence electrons. The van der Waals surface area contributed by atoms with Crippen molar-refractivity contribution in [2.75, 3.05) is 23.1 Å². The van der Waals surface area contributed by atoms with Crippen LogP contribution in [0, 0.1) is 0 Å². The third kappa shape index (κ3) is 5.37. The normalized spacial score (nSPS) is 10.5. The average Bonchev–Trinajstić information content (AvgIpc) is 2.82. The molecule has 0 unspecified atom stereocenters. The topological polar surface area (TPSA) is 113 Å². The second-order valence-electron chi connectivity index (χ2n) is 7.25. The Kier molecular flexibility index (Phi) is 6.36. The highest BCUT2D eigenvalue weighted by Crippen LogP contribution is 2.25. The molecular weight excluding hydrogens is 420 g/mol. The van der Waals surface area contributed by atoms with Crippen molar-refractivity contribution >= 4 is 40.1 Å². The number of benzene rings is 3. The van der Waals surface area contributed by atoms with Gasteiger partial charge in [-0.1, -0.05) is 30.3 Å². The molecule has 0 saturated heterocycles. The fourth-order valence-electron chi connectivity index (χ4n) is 3.33. The lowest BCUT2D eigenvalue weighted by Crippen LogP contribution is -2.19. The molecule has 2 amide bonds. The molecule has 0 aliphatic heterocycles. The van der Waals surface area contributed by atoms with Gasteiger partial charge in [-0.15, -0.1) is 0 Å². The number of methoxy groups -OCH3 is 1. The molecule has 8 heteroatoms. The summed E-state index contributed by atoms with van der Waals surface area (Å²) in [5.74, 6) is -0.185. The number of fused-ring (bicyclic) bond motifs is 1. The monoisotopic (exact) mass is 442 g/mol. The highest BCUT2D eigenvalue weighted by atomic mass is 16.5. The predicted octanol–water partition coefficient (Wildman–Crippen LogP) is 5.20. The zero-order valence-corrected chi connectivity index (χ0v) is 17.8. The minimum atomic E-state index is -1.07. The number of aromatic nitrogens is 1. The number of urea groups is 1. The molecule has 0 radical (unpaired) electrons. The Bertz CT molecular complexity index is 1310. The van der Waals surface area contributed by atoms with Gasteiger partial charge in [0.05, 0.1) is 12.6 Å². The number of carboxylic acids is 1. The number of para-hydroxylation sites is 1. The Morgan fingerprint density at radius 3 is 2.42 bits per heavy atom. The standard InChI is InChI=1S/C25H22N4O4/c1-33-20-11-10-17-13-21(24(30)31)23(29-22(17)14-20)26-15-16-6-5-9-19(12-16)28-25(32)27-18-7-3-2-4-8-18/h2-14H,15H2,1H3,(H,26,29)(H,30,31)(H2,27,28,32). The smallest absolute Gasteiger partial charge is 0.339 e. The number of aromatic carboxylic acids is 1. The summed E-state index contributed by atoms with van der Waals surface area (Å²) >= 11 is 0. The number of anilines is 3. The van der Waals surface area contributed by atoms with Crippen molar-refractivity contribution in [3.05, 3.63) is 90.0 Å². The van der Waals surface area contributed by atoms with Gasteiger partial charge < -0.3 is 25.8 Å². The summed E-state index contributed by atoms with van der Waals surface area (Å²) < 4.78 is 5.24. The lowest BCUT2D eigenvalue weighted by molar-refractivity contribution is 0.0697. The van der Waals surface area contributed by atoms with Crippen LogP contribution in [0.25, 0.3) is 10.9 Å². The summed E-state index contributed by atoms with van der Waals surface area (Å²) in [6.07, 6.45) is 0. The fraction of sp³-hybridized carbons (Fsp3) is 0.0800. The summed E-state index contributed by atoms with van der Waals surface area (Å²) in [7, 11) is 1.56. The number of amides is 2. The van der Waals surface area contributed by atoms with Crippen LogP contribution in [-0.2, 0) is 6.54 Å². The van der Waals surface area contributed by atoms with Gasteiger partial charge >= 0.3 is 12.0 Å². The van der Waals surface area contributed by atoms with Gasteiger partial charge in [-0.2, -0.15) is 0 Å². The first kappa shape index (κ1) is 21.6. The average molecular weight is 442 g/mol. The molecule has 0 aliphatic rings. The number of nitrogens with one attached hydrogen (secondary N) is 3. The van der Waals surface area contributed by atoms with Crippen molar-refractivity contribution < 1.29 is 19.4 Å². The van der Waals surface area contributed by atoms with Gasteiger partial charge in [0.2, 0.25) is 0 Å². The molecule has 4 N–H and O–H groups in total. The van der Waals surface area contributed by atoms with Crippen LogP contribution in [0.5, 0.6) is 5.75 Å². The van der Waals surface area contributed by atoms with Crippen LogP contribution >= 0.6 is 0 Å². The highest BCUT2D eigenvalue weighted by molar-refractivity contribution is 6.00. The number of carbonyl (C=O) groups is 2. The number of rotatable bonds is 7. The van der Waals surface area contributed by atoms with E-state index in [0.29, 0.717) is 34.6 Å². The Morgan fingerprint density at radius 2 is 1.67 bits per heavy atom. The Hall–Kier alpha value is -4.59. The number of hydrogen-bond donors (Lipinski definition) is 4. The molecule has 4 rings (SSSR count). The molecule has 4 aromatic rings. The number of ether oxygens (including phenoxy) is 1. The van der Waals surface area contributed by atoms with Crippen molar-refractivity contribution in [2.24, 2.45) is 0 Å². The first-order valence-corrected chi connectivity index (χ1v) is 10.2. The third-order valence-corrected chi connectivity index (χ3v) is 4.93. The highest BCUT2D eigenvalue weighted by Gasteiger charge is 2.14. The van der Waals surface area contributed by atoms with E-state index in [4.69, 9.17) is 4.74 Å². The lowest BCUT2D eigenvalue weighted by Gasteiger charge is -2.12. The summed E-state index contributed by atoms with van der Waals surface area (Å²) in [5, 5.41) is 19.0. The van der Waals surface area contributed by atoms with Crippen molar-refractivity contribution in [1.82, 2.24) is 4.98 Å². The van der Waals surface area contributed by atoms with E-state index in [9.17, 15) is 14.7 Å². The van der Waals surface area contributed by atoms with Gasteiger partial charge in [0.15, 0.2) is 0 Å². The van der Waals surface area contributed by atoms with Gasteiger partial charge in [-0.05, 0) is 48.0 Å². The van der Waals surface area contributed by atoms with Gasteiger partial charge in [-0.3, -0.25) is 0 Å². The maximum Gasteiger partial charge on any atom is 0.339 e.